The molecule has 0 amide bonds. The predicted octanol–water partition coefficient (Wildman–Crippen LogP) is 2.30. The molecule has 1 aliphatic heterocycles. The normalized spacial score (nSPS) is 22.5. The standard InChI is InChI=1S/C14H24P.K/c1-9-10(2)12(14(6,7)8)15-11(9)13(3,4)5;/h1-8H3;/q;+1. The summed E-state index contributed by atoms with van der Waals surface area (Å²) in [5.74, 6) is 3.04. The van der Waals surface area contributed by atoms with E-state index in [1.54, 1.807) is 11.3 Å². The van der Waals surface area contributed by atoms with Crippen molar-refractivity contribution in [1.29, 1.82) is 0 Å². The van der Waals surface area contributed by atoms with E-state index in [0.29, 0.717) is 10.8 Å². The molecule has 0 spiro atoms. The largest absolute Gasteiger partial charge is 1.00 e. The first-order valence-corrected chi connectivity index (χ1v) is 6.59. The van der Waals surface area contributed by atoms with Gasteiger partial charge >= 0.3 is 51.4 Å². The van der Waals surface area contributed by atoms with E-state index in [2.05, 4.69) is 55.4 Å². The first-order valence-electron chi connectivity index (χ1n) is 5.70. The maximum Gasteiger partial charge on any atom is 1.00 e. The van der Waals surface area contributed by atoms with Crippen LogP contribution in [-0.2, 0) is 0 Å². The zero-order valence-electron chi connectivity index (χ0n) is 12.4. The smallest absolute Gasteiger partial charge is 0.0628 e. The van der Waals surface area contributed by atoms with Gasteiger partial charge in [-0.25, -0.2) is 0 Å². The molecule has 0 aromatic heterocycles. The molecule has 1 rings (SSSR count). The molecule has 85 valence electrons. The van der Waals surface area contributed by atoms with Gasteiger partial charge in [0.05, 0.1) is 0 Å². The van der Waals surface area contributed by atoms with Crippen LogP contribution in [0, 0.1) is 34.0 Å². The summed E-state index contributed by atoms with van der Waals surface area (Å²) in [6.45, 7) is 18.5. The van der Waals surface area contributed by atoms with Crippen molar-refractivity contribution in [2.75, 3.05) is 0 Å². The summed E-state index contributed by atoms with van der Waals surface area (Å²) >= 11 is 0. The maximum atomic E-state index is 2.32. The van der Waals surface area contributed by atoms with Gasteiger partial charge in [0.1, 0.15) is 0 Å². The summed E-state index contributed by atoms with van der Waals surface area (Å²) in [6.07, 6.45) is 0. The summed E-state index contributed by atoms with van der Waals surface area (Å²) in [6, 6.07) is 0. The first-order chi connectivity index (χ1) is 6.55. The van der Waals surface area contributed by atoms with Gasteiger partial charge < -0.3 is 0 Å². The Hall–Kier alpha value is 2.07. The zero-order valence-corrected chi connectivity index (χ0v) is 16.5. The van der Waals surface area contributed by atoms with E-state index in [9.17, 15) is 0 Å². The van der Waals surface area contributed by atoms with Crippen molar-refractivity contribution >= 4 is 8.58 Å². The fourth-order valence-electron chi connectivity index (χ4n) is 2.10. The molecule has 5 radical (unpaired) electrons. The molecule has 0 atom stereocenters. The second-order valence-corrected chi connectivity index (χ2v) is 7.68. The molecule has 0 N–H and O–H groups in total. The van der Waals surface area contributed by atoms with E-state index in [4.69, 9.17) is 0 Å². The Kier molecular flexibility index (Phi) is 6.79. The van der Waals surface area contributed by atoms with Crippen molar-refractivity contribution in [1.82, 2.24) is 0 Å². The third-order valence-corrected chi connectivity index (χ3v) is 5.38. The van der Waals surface area contributed by atoms with Gasteiger partial charge in [0, 0.05) is 11.3 Å². The van der Waals surface area contributed by atoms with E-state index < -0.39 is 0 Å². The molecule has 0 aliphatic carbocycles. The number of hydrogen-bond donors (Lipinski definition) is 0. The van der Waals surface area contributed by atoms with E-state index in [-0.39, 0.29) is 51.4 Å². The van der Waals surface area contributed by atoms with Gasteiger partial charge in [-0.3, -0.25) is 0 Å². The van der Waals surface area contributed by atoms with Crippen molar-refractivity contribution in [2.45, 2.75) is 55.4 Å². The minimum absolute atomic E-state index is 0. The molecule has 0 nitrogen and oxygen atoms in total. The minimum atomic E-state index is 0. The van der Waals surface area contributed by atoms with Crippen molar-refractivity contribution in [3.63, 3.8) is 0 Å². The summed E-state index contributed by atoms with van der Waals surface area (Å²) in [5.41, 5.74) is 3.81. The Balaban J connectivity index is 0.00000225. The molecule has 1 fully saturated rings. The van der Waals surface area contributed by atoms with Gasteiger partial charge in [-0.1, -0.05) is 64.0 Å². The molecule has 0 aromatic rings. The Morgan fingerprint density at radius 3 is 1.06 bits per heavy atom. The van der Waals surface area contributed by atoms with Crippen molar-refractivity contribution in [3.8, 4) is 0 Å². The third kappa shape index (κ3) is 4.03. The Bertz CT molecular complexity index is 200. The molecular formula is C14H24KP+. The molecule has 0 aromatic carbocycles. The van der Waals surface area contributed by atoms with Crippen LogP contribution in [0.2, 0.25) is 0 Å². The van der Waals surface area contributed by atoms with Crippen LogP contribution >= 0.6 is 8.58 Å². The van der Waals surface area contributed by atoms with Crippen LogP contribution in [0.4, 0.5) is 0 Å². The molecule has 0 saturated carbocycles. The average molecular weight is 262 g/mol. The number of hydrogen-bond acceptors (Lipinski definition) is 0. The zero-order chi connectivity index (χ0) is 12.0. The summed E-state index contributed by atoms with van der Waals surface area (Å²) in [4.78, 5) is 0. The Morgan fingerprint density at radius 1 is 0.688 bits per heavy atom. The molecule has 1 saturated heterocycles. The van der Waals surface area contributed by atoms with Crippen molar-refractivity contribution in [2.24, 2.45) is 10.8 Å². The monoisotopic (exact) mass is 262 g/mol. The molecule has 0 bridgehead atoms. The quantitative estimate of drug-likeness (QED) is 0.464. The number of rotatable bonds is 0. The fraction of sp³-hybridized carbons (Fsp3) is 0.714. The van der Waals surface area contributed by atoms with Crippen LogP contribution in [0.3, 0.4) is 0 Å². The van der Waals surface area contributed by atoms with Crippen molar-refractivity contribution in [3.05, 3.63) is 23.2 Å². The Labute approximate surface area is 147 Å². The van der Waals surface area contributed by atoms with Gasteiger partial charge in [0.25, 0.3) is 0 Å². The predicted molar refractivity (Wildman–Crippen MR) is 70.2 cm³/mol. The SMILES string of the molecule is C[C]1[C](C)[C](C(C)(C)C)[P][C]1C(C)(C)C.[K+]. The topological polar surface area (TPSA) is 0 Å². The summed E-state index contributed by atoms with van der Waals surface area (Å²) < 4.78 is 0. The van der Waals surface area contributed by atoms with Crippen LogP contribution in [-0.4, -0.2) is 0 Å². The van der Waals surface area contributed by atoms with Crippen molar-refractivity contribution < 1.29 is 51.4 Å². The van der Waals surface area contributed by atoms with Crippen LogP contribution in [0.25, 0.3) is 0 Å². The van der Waals surface area contributed by atoms with Crippen LogP contribution in [0.1, 0.15) is 55.4 Å². The average Bonchev–Trinajstić information content (AvgIpc) is 2.26. The molecule has 16 heavy (non-hydrogen) atoms. The second-order valence-electron chi connectivity index (χ2n) is 6.56. The second kappa shape index (κ2) is 6.01. The molecular weight excluding hydrogens is 238 g/mol. The Morgan fingerprint density at radius 2 is 0.938 bits per heavy atom. The van der Waals surface area contributed by atoms with Gasteiger partial charge in [-0.2, -0.15) is 0 Å². The van der Waals surface area contributed by atoms with Gasteiger partial charge in [-0.05, 0) is 22.7 Å². The van der Waals surface area contributed by atoms with Gasteiger partial charge in [0.15, 0.2) is 0 Å². The van der Waals surface area contributed by atoms with Gasteiger partial charge in [-0.15, -0.1) is 0 Å². The van der Waals surface area contributed by atoms with Gasteiger partial charge in [0.2, 0.25) is 0 Å². The fourth-order valence-corrected chi connectivity index (χ4v) is 3.66. The minimum Gasteiger partial charge on any atom is -0.0628 e. The molecule has 1 aliphatic rings. The van der Waals surface area contributed by atoms with Crippen LogP contribution in [0.15, 0.2) is 0 Å². The van der Waals surface area contributed by atoms with Crippen LogP contribution < -0.4 is 51.4 Å². The summed E-state index contributed by atoms with van der Waals surface area (Å²) in [5, 5.41) is 0. The van der Waals surface area contributed by atoms with E-state index >= 15 is 0 Å². The van der Waals surface area contributed by atoms with E-state index in [0.717, 1.165) is 0 Å². The maximum absolute atomic E-state index is 2.32. The first kappa shape index (κ1) is 18.1. The van der Waals surface area contributed by atoms with Crippen LogP contribution in [0.5, 0.6) is 0 Å². The van der Waals surface area contributed by atoms with E-state index in [1.807, 2.05) is 0 Å². The molecule has 1 heterocycles. The summed E-state index contributed by atoms with van der Waals surface area (Å²) in [7, 11) is 1.46. The van der Waals surface area contributed by atoms with E-state index in [1.165, 1.54) is 20.4 Å². The molecule has 2 heteroatoms. The molecule has 0 unspecified atom stereocenters. The third-order valence-electron chi connectivity index (χ3n) is 2.92.